The van der Waals surface area contributed by atoms with Crippen LogP contribution in [0.5, 0.6) is 0 Å². The van der Waals surface area contributed by atoms with Gasteiger partial charge in [-0.05, 0) is 0 Å². The standard InChI is InChI=1S/C10H13F4N5O2/c11-8(12)4-18-9(7(3-16-18)19(20)21)17-2-1-15-5-10(13,14)6-17/h3,8,15H,1-2,4-6H2. The second-order valence-corrected chi connectivity index (χ2v) is 4.64. The van der Waals surface area contributed by atoms with Gasteiger partial charge in [-0.15, -0.1) is 0 Å². The summed E-state index contributed by atoms with van der Waals surface area (Å²) in [6.07, 6.45) is -2.00. The summed E-state index contributed by atoms with van der Waals surface area (Å²) in [5.41, 5.74) is -0.562. The van der Waals surface area contributed by atoms with Crippen LogP contribution in [-0.2, 0) is 6.54 Å². The molecule has 2 rings (SSSR count). The summed E-state index contributed by atoms with van der Waals surface area (Å²) in [6.45, 7) is -2.06. The quantitative estimate of drug-likeness (QED) is 0.512. The van der Waals surface area contributed by atoms with Gasteiger partial charge in [0.05, 0.1) is 18.0 Å². The third-order valence-electron chi connectivity index (χ3n) is 2.96. The van der Waals surface area contributed by atoms with Gasteiger partial charge in [0.25, 0.3) is 12.3 Å². The highest BCUT2D eigenvalue weighted by molar-refractivity contribution is 5.58. The molecule has 0 bridgehead atoms. The molecule has 0 amide bonds. The van der Waals surface area contributed by atoms with Crippen molar-refractivity contribution in [2.45, 2.75) is 18.9 Å². The van der Waals surface area contributed by atoms with Crippen LogP contribution in [0.2, 0.25) is 0 Å². The number of hydrogen-bond donors (Lipinski definition) is 1. The van der Waals surface area contributed by atoms with Crippen LogP contribution in [0.1, 0.15) is 0 Å². The summed E-state index contributed by atoms with van der Waals surface area (Å²) < 4.78 is 52.9. The summed E-state index contributed by atoms with van der Waals surface area (Å²) in [6, 6.07) is 0. The number of anilines is 1. The Balaban J connectivity index is 2.39. The fourth-order valence-electron chi connectivity index (χ4n) is 2.17. The molecule has 21 heavy (non-hydrogen) atoms. The zero-order chi connectivity index (χ0) is 15.6. The molecule has 1 N–H and O–H groups in total. The van der Waals surface area contributed by atoms with E-state index in [4.69, 9.17) is 0 Å². The third kappa shape index (κ3) is 3.60. The molecule has 1 fully saturated rings. The van der Waals surface area contributed by atoms with Crippen LogP contribution < -0.4 is 10.2 Å². The summed E-state index contributed by atoms with van der Waals surface area (Å²) in [4.78, 5) is 11.1. The number of halogens is 4. The first-order chi connectivity index (χ1) is 9.80. The molecular weight excluding hydrogens is 298 g/mol. The van der Waals surface area contributed by atoms with E-state index in [-0.39, 0.29) is 18.9 Å². The number of nitrogens with one attached hydrogen (secondary N) is 1. The monoisotopic (exact) mass is 311 g/mol. The van der Waals surface area contributed by atoms with E-state index in [1.54, 1.807) is 0 Å². The van der Waals surface area contributed by atoms with Crippen molar-refractivity contribution in [3.05, 3.63) is 16.3 Å². The van der Waals surface area contributed by atoms with Crippen LogP contribution in [0, 0.1) is 10.1 Å². The Kier molecular flexibility index (Phi) is 4.30. The second-order valence-electron chi connectivity index (χ2n) is 4.64. The lowest BCUT2D eigenvalue weighted by molar-refractivity contribution is -0.384. The lowest BCUT2D eigenvalue weighted by Gasteiger charge is -2.25. The highest BCUT2D eigenvalue weighted by atomic mass is 19.3. The molecule has 1 aliphatic heterocycles. The number of rotatable bonds is 4. The van der Waals surface area contributed by atoms with Crippen molar-refractivity contribution in [3.63, 3.8) is 0 Å². The zero-order valence-corrected chi connectivity index (χ0v) is 10.8. The van der Waals surface area contributed by atoms with Crippen molar-refractivity contribution in [2.75, 3.05) is 31.1 Å². The number of hydrogen-bond acceptors (Lipinski definition) is 5. The molecule has 0 saturated carbocycles. The Morgan fingerprint density at radius 3 is 2.86 bits per heavy atom. The van der Waals surface area contributed by atoms with Gasteiger partial charge in [0.15, 0.2) is 0 Å². The summed E-state index contributed by atoms with van der Waals surface area (Å²) in [5, 5.41) is 17.0. The smallest absolute Gasteiger partial charge is 0.331 e. The Morgan fingerprint density at radius 2 is 2.24 bits per heavy atom. The van der Waals surface area contributed by atoms with Crippen LogP contribution in [0.4, 0.5) is 29.1 Å². The predicted molar refractivity (Wildman–Crippen MR) is 64.9 cm³/mol. The average Bonchev–Trinajstić information content (AvgIpc) is 2.67. The van der Waals surface area contributed by atoms with Gasteiger partial charge in [-0.1, -0.05) is 0 Å². The molecule has 1 aromatic rings. The average molecular weight is 311 g/mol. The van der Waals surface area contributed by atoms with Gasteiger partial charge < -0.3 is 10.2 Å². The largest absolute Gasteiger partial charge is 0.344 e. The molecule has 1 saturated heterocycles. The minimum absolute atomic E-state index is 0.0331. The van der Waals surface area contributed by atoms with E-state index in [1.165, 1.54) is 0 Å². The minimum Gasteiger partial charge on any atom is -0.344 e. The summed E-state index contributed by atoms with van der Waals surface area (Å²) in [7, 11) is 0. The van der Waals surface area contributed by atoms with Crippen LogP contribution >= 0.6 is 0 Å². The first-order valence-corrected chi connectivity index (χ1v) is 6.12. The molecule has 0 aliphatic carbocycles. The minimum atomic E-state index is -3.12. The summed E-state index contributed by atoms with van der Waals surface area (Å²) >= 11 is 0. The second kappa shape index (κ2) is 5.84. The number of alkyl halides is 4. The van der Waals surface area contributed by atoms with Crippen molar-refractivity contribution in [3.8, 4) is 0 Å². The molecule has 0 atom stereocenters. The van der Waals surface area contributed by atoms with E-state index >= 15 is 0 Å². The van der Waals surface area contributed by atoms with Gasteiger partial charge in [-0.25, -0.2) is 22.2 Å². The third-order valence-corrected chi connectivity index (χ3v) is 2.96. The topological polar surface area (TPSA) is 76.2 Å². The van der Waals surface area contributed by atoms with Crippen molar-refractivity contribution >= 4 is 11.5 Å². The molecule has 7 nitrogen and oxygen atoms in total. The lowest BCUT2D eigenvalue weighted by Crippen LogP contribution is -2.39. The first kappa shape index (κ1) is 15.5. The Morgan fingerprint density at radius 1 is 1.52 bits per heavy atom. The SMILES string of the molecule is O=[N+]([O-])c1cnn(CC(F)F)c1N1CCNCC(F)(F)C1. The molecule has 2 heterocycles. The van der Waals surface area contributed by atoms with Crippen molar-refractivity contribution in [1.82, 2.24) is 15.1 Å². The Hall–Kier alpha value is -1.91. The molecule has 0 spiro atoms. The van der Waals surface area contributed by atoms with Gasteiger partial charge in [0.2, 0.25) is 5.82 Å². The Bertz CT molecular complexity index is 522. The van der Waals surface area contributed by atoms with Gasteiger partial charge in [0, 0.05) is 13.1 Å². The lowest BCUT2D eigenvalue weighted by atomic mass is 10.3. The van der Waals surface area contributed by atoms with E-state index in [2.05, 4.69) is 10.4 Å². The van der Waals surface area contributed by atoms with Crippen LogP contribution in [0.25, 0.3) is 0 Å². The van der Waals surface area contributed by atoms with Crippen molar-refractivity contribution in [2.24, 2.45) is 0 Å². The molecule has 118 valence electrons. The maximum Gasteiger partial charge on any atom is 0.331 e. The molecule has 0 radical (unpaired) electrons. The van der Waals surface area contributed by atoms with Gasteiger partial charge in [0.1, 0.15) is 12.7 Å². The molecule has 11 heteroatoms. The molecule has 1 aromatic heterocycles. The summed E-state index contributed by atoms with van der Waals surface area (Å²) in [5.74, 6) is -3.44. The molecular formula is C10H13F4N5O2. The van der Waals surface area contributed by atoms with E-state index in [0.29, 0.717) is 4.68 Å². The van der Waals surface area contributed by atoms with E-state index in [0.717, 1.165) is 11.1 Å². The Labute approximate surface area is 116 Å². The normalized spacial score (nSPS) is 18.8. The van der Waals surface area contributed by atoms with Crippen molar-refractivity contribution in [1.29, 1.82) is 0 Å². The number of nitrogens with zero attached hydrogens (tertiary/aromatic N) is 4. The zero-order valence-electron chi connectivity index (χ0n) is 10.8. The van der Waals surface area contributed by atoms with Crippen LogP contribution in [0.15, 0.2) is 6.20 Å². The number of nitro groups is 1. The van der Waals surface area contributed by atoms with Gasteiger partial charge in [-0.2, -0.15) is 5.10 Å². The van der Waals surface area contributed by atoms with E-state index in [9.17, 15) is 27.7 Å². The maximum atomic E-state index is 13.6. The highest BCUT2D eigenvalue weighted by Crippen LogP contribution is 2.31. The molecule has 0 aromatic carbocycles. The van der Waals surface area contributed by atoms with E-state index < -0.39 is 42.6 Å². The highest BCUT2D eigenvalue weighted by Gasteiger charge is 2.37. The fourth-order valence-corrected chi connectivity index (χ4v) is 2.17. The van der Waals surface area contributed by atoms with Crippen molar-refractivity contribution < 1.29 is 22.5 Å². The fraction of sp³-hybridized carbons (Fsp3) is 0.700. The molecule has 0 unspecified atom stereocenters. The number of aromatic nitrogens is 2. The van der Waals surface area contributed by atoms with Gasteiger partial charge in [-0.3, -0.25) is 10.1 Å². The first-order valence-electron chi connectivity index (χ1n) is 6.12. The van der Waals surface area contributed by atoms with Gasteiger partial charge >= 0.3 is 5.69 Å². The maximum absolute atomic E-state index is 13.6. The van der Waals surface area contributed by atoms with Crippen LogP contribution in [0.3, 0.4) is 0 Å². The molecule has 1 aliphatic rings. The van der Waals surface area contributed by atoms with Crippen LogP contribution in [-0.4, -0.2) is 53.2 Å². The predicted octanol–water partition coefficient (Wildman–Crippen LogP) is 1.10. The van der Waals surface area contributed by atoms with E-state index in [1.807, 2.05) is 0 Å².